The van der Waals surface area contributed by atoms with E-state index in [2.05, 4.69) is 22.4 Å². The van der Waals surface area contributed by atoms with Crippen LogP contribution >= 0.6 is 0 Å². The number of hydrogen-bond acceptors (Lipinski definition) is 3. The van der Waals surface area contributed by atoms with Crippen LogP contribution in [0.25, 0.3) is 0 Å². The number of hydrogen-bond donors (Lipinski definition) is 1. The fourth-order valence-corrected chi connectivity index (χ4v) is 1.99. The van der Waals surface area contributed by atoms with E-state index in [9.17, 15) is 0 Å². The molecule has 0 amide bonds. The first-order valence-electron chi connectivity index (χ1n) is 5.62. The second-order valence-electron chi connectivity index (χ2n) is 4.64. The average molecular weight is 204 g/mol. The lowest BCUT2D eigenvalue weighted by Crippen LogP contribution is -2.54. The van der Waals surface area contributed by atoms with Crippen molar-refractivity contribution in [1.29, 1.82) is 0 Å². The molecule has 1 aromatic heterocycles. The average Bonchev–Trinajstić information content (AvgIpc) is 3.02. The summed E-state index contributed by atoms with van der Waals surface area (Å²) in [4.78, 5) is 4.45. The maximum absolute atomic E-state index is 5.37. The van der Waals surface area contributed by atoms with Gasteiger partial charge in [-0.2, -0.15) is 0 Å². The van der Waals surface area contributed by atoms with Crippen LogP contribution in [0.3, 0.4) is 0 Å². The van der Waals surface area contributed by atoms with Crippen molar-refractivity contribution in [2.75, 3.05) is 19.8 Å². The van der Waals surface area contributed by atoms with E-state index in [0.717, 1.165) is 25.8 Å². The first-order chi connectivity index (χ1) is 7.39. The zero-order valence-corrected chi connectivity index (χ0v) is 8.78. The fraction of sp³-hybridized carbons (Fsp3) is 0.583. The molecule has 1 aliphatic heterocycles. The minimum atomic E-state index is 0.143. The SMILES string of the molecule is c1ccc(C2(CNC3CC3)COC2)nc1. The summed E-state index contributed by atoms with van der Waals surface area (Å²) in [6.45, 7) is 2.63. The van der Waals surface area contributed by atoms with Gasteiger partial charge in [-0.1, -0.05) is 6.07 Å². The van der Waals surface area contributed by atoms with Crippen LogP contribution in [0.5, 0.6) is 0 Å². The maximum atomic E-state index is 5.37. The molecule has 80 valence electrons. The van der Waals surface area contributed by atoms with Gasteiger partial charge in [0.05, 0.1) is 24.3 Å². The molecule has 3 heteroatoms. The number of ether oxygens (including phenoxy) is 1. The molecule has 1 aromatic rings. The topological polar surface area (TPSA) is 34.1 Å². The number of nitrogens with one attached hydrogen (secondary N) is 1. The molecule has 0 spiro atoms. The van der Waals surface area contributed by atoms with E-state index in [-0.39, 0.29) is 5.41 Å². The molecule has 2 heterocycles. The van der Waals surface area contributed by atoms with Gasteiger partial charge >= 0.3 is 0 Å². The van der Waals surface area contributed by atoms with Crippen LogP contribution in [0.4, 0.5) is 0 Å². The summed E-state index contributed by atoms with van der Waals surface area (Å²) in [5, 5.41) is 3.58. The lowest BCUT2D eigenvalue weighted by molar-refractivity contribution is -0.0612. The molecule has 15 heavy (non-hydrogen) atoms. The van der Waals surface area contributed by atoms with Crippen LogP contribution in [0.2, 0.25) is 0 Å². The van der Waals surface area contributed by atoms with Crippen LogP contribution in [-0.4, -0.2) is 30.8 Å². The first kappa shape index (κ1) is 9.31. The molecule has 0 atom stereocenters. The Morgan fingerprint density at radius 3 is 2.80 bits per heavy atom. The number of nitrogens with zero attached hydrogens (tertiary/aromatic N) is 1. The molecule has 0 radical (unpaired) electrons. The van der Waals surface area contributed by atoms with E-state index < -0.39 is 0 Å². The second-order valence-corrected chi connectivity index (χ2v) is 4.64. The summed E-state index contributed by atoms with van der Waals surface area (Å²) >= 11 is 0. The zero-order chi connectivity index (χ0) is 10.1. The van der Waals surface area contributed by atoms with Gasteiger partial charge in [-0.3, -0.25) is 4.98 Å². The Kier molecular flexibility index (Phi) is 2.22. The van der Waals surface area contributed by atoms with Crippen molar-refractivity contribution < 1.29 is 4.74 Å². The smallest absolute Gasteiger partial charge is 0.0716 e. The Hall–Kier alpha value is -0.930. The molecule has 0 bridgehead atoms. The third-order valence-corrected chi connectivity index (χ3v) is 3.27. The van der Waals surface area contributed by atoms with E-state index >= 15 is 0 Å². The normalized spacial score (nSPS) is 23.5. The molecule has 1 aliphatic carbocycles. The van der Waals surface area contributed by atoms with Crippen molar-refractivity contribution in [3.8, 4) is 0 Å². The standard InChI is InChI=1S/C12H16N2O/c1-2-6-13-11(3-1)12(8-15-9-12)7-14-10-4-5-10/h1-3,6,10,14H,4-5,7-9H2. The van der Waals surface area contributed by atoms with Crippen molar-refractivity contribution in [1.82, 2.24) is 10.3 Å². The highest BCUT2D eigenvalue weighted by Crippen LogP contribution is 2.31. The van der Waals surface area contributed by atoms with Gasteiger partial charge in [0, 0.05) is 18.8 Å². The van der Waals surface area contributed by atoms with Gasteiger partial charge in [-0.05, 0) is 25.0 Å². The third-order valence-electron chi connectivity index (χ3n) is 3.27. The van der Waals surface area contributed by atoms with Gasteiger partial charge in [-0.25, -0.2) is 0 Å². The lowest BCUT2D eigenvalue weighted by Gasteiger charge is -2.41. The Labute approximate surface area is 89.9 Å². The van der Waals surface area contributed by atoms with E-state index in [4.69, 9.17) is 4.74 Å². The molecule has 2 fully saturated rings. The van der Waals surface area contributed by atoms with E-state index in [1.54, 1.807) is 0 Å². The van der Waals surface area contributed by atoms with Crippen LogP contribution in [-0.2, 0) is 10.2 Å². The van der Waals surface area contributed by atoms with Crippen LogP contribution in [0.1, 0.15) is 18.5 Å². The number of pyridine rings is 1. The van der Waals surface area contributed by atoms with Gasteiger partial charge in [-0.15, -0.1) is 0 Å². The summed E-state index contributed by atoms with van der Waals surface area (Å²) < 4.78 is 5.37. The highest BCUT2D eigenvalue weighted by atomic mass is 16.5. The number of rotatable bonds is 4. The predicted octanol–water partition coefficient (Wildman–Crippen LogP) is 1.10. The minimum absolute atomic E-state index is 0.143. The second kappa shape index (κ2) is 3.58. The molecule has 0 aromatic carbocycles. The summed E-state index contributed by atoms with van der Waals surface area (Å²) in [6, 6.07) is 6.88. The van der Waals surface area contributed by atoms with Crippen molar-refractivity contribution in [2.45, 2.75) is 24.3 Å². The van der Waals surface area contributed by atoms with Crippen molar-refractivity contribution in [3.05, 3.63) is 30.1 Å². The van der Waals surface area contributed by atoms with Crippen LogP contribution in [0.15, 0.2) is 24.4 Å². The Morgan fingerprint density at radius 2 is 2.27 bits per heavy atom. The summed E-state index contributed by atoms with van der Waals surface area (Å²) in [5.41, 5.74) is 1.31. The molecule has 2 aliphatic rings. The molecule has 0 unspecified atom stereocenters. The molecule has 3 nitrogen and oxygen atoms in total. The third kappa shape index (κ3) is 1.77. The summed E-state index contributed by atoms with van der Waals surface area (Å²) in [5.74, 6) is 0. The first-order valence-corrected chi connectivity index (χ1v) is 5.62. The van der Waals surface area contributed by atoms with Crippen molar-refractivity contribution in [3.63, 3.8) is 0 Å². The van der Waals surface area contributed by atoms with Gasteiger partial charge in [0.15, 0.2) is 0 Å². The maximum Gasteiger partial charge on any atom is 0.0716 e. The molecule has 1 N–H and O–H groups in total. The van der Waals surface area contributed by atoms with E-state index in [0.29, 0.717) is 0 Å². The monoisotopic (exact) mass is 204 g/mol. The Morgan fingerprint density at radius 1 is 1.40 bits per heavy atom. The molecular formula is C12H16N2O. The largest absolute Gasteiger partial charge is 0.379 e. The zero-order valence-electron chi connectivity index (χ0n) is 8.78. The van der Waals surface area contributed by atoms with Crippen molar-refractivity contribution in [2.24, 2.45) is 0 Å². The molecule has 1 saturated heterocycles. The summed E-state index contributed by atoms with van der Waals surface area (Å²) in [7, 11) is 0. The molecular weight excluding hydrogens is 188 g/mol. The van der Waals surface area contributed by atoms with Gasteiger partial charge < -0.3 is 10.1 Å². The molecule has 1 saturated carbocycles. The van der Waals surface area contributed by atoms with Crippen molar-refractivity contribution >= 4 is 0 Å². The Balaban J connectivity index is 1.73. The van der Waals surface area contributed by atoms with Gasteiger partial charge in [0.2, 0.25) is 0 Å². The van der Waals surface area contributed by atoms with Crippen LogP contribution in [0, 0.1) is 0 Å². The van der Waals surface area contributed by atoms with Gasteiger partial charge in [0.1, 0.15) is 0 Å². The highest BCUT2D eigenvalue weighted by Gasteiger charge is 2.42. The summed E-state index contributed by atoms with van der Waals surface area (Å²) in [6.07, 6.45) is 4.53. The molecule has 3 rings (SSSR count). The highest BCUT2D eigenvalue weighted by molar-refractivity contribution is 5.21. The van der Waals surface area contributed by atoms with Gasteiger partial charge in [0.25, 0.3) is 0 Å². The van der Waals surface area contributed by atoms with Crippen LogP contribution < -0.4 is 5.32 Å². The lowest BCUT2D eigenvalue weighted by atomic mass is 9.82. The fourth-order valence-electron chi connectivity index (χ4n) is 1.99. The van der Waals surface area contributed by atoms with E-state index in [1.165, 1.54) is 18.5 Å². The van der Waals surface area contributed by atoms with E-state index in [1.807, 2.05) is 12.3 Å². The minimum Gasteiger partial charge on any atom is -0.379 e. The Bertz CT molecular complexity index is 331. The quantitative estimate of drug-likeness (QED) is 0.797. The predicted molar refractivity (Wildman–Crippen MR) is 57.8 cm³/mol. The number of aromatic nitrogens is 1.